The first-order valence-electron chi connectivity index (χ1n) is 7.40. The van der Waals surface area contributed by atoms with Crippen molar-refractivity contribution in [3.8, 4) is 11.5 Å². The van der Waals surface area contributed by atoms with Gasteiger partial charge in [0.05, 0.1) is 18.1 Å². The second-order valence-corrected chi connectivity index (χ2v) is 5.61. The Morgan fingerprint density at radius 3 is 2.73 bits per heavy atom. The number of allylic oxidation sites excluding steroid dienone is 1. The molecule has 1 aromatic heterocycles. The van der Waals surface area contributed by atoms with E-state index in [2.05, 4.69) is 6.92 Å². The number of carbonyl (C=O) groups is 1. The zero-order chi connectivity index (χ0) is 15.8. The van der Waals surface area contributed by atoms with Crippen LogP contribution >= 0.6 is 11.3 Å². The van der Waals surface area contributed by atoms with E-state index in [1.54, 1.807) is 12.2 Å². The van der Waals surface area contributed by atoms with E-state index in [0.29, 0.717) is 19.0 Å². The van der Waals surface area contributed by atoms with E-state index < -0.39 is 0 Å². The minimum Gasteiger partial charge on any atom is -0.490 e. The van der Waals surface area contributed by atoms with Crippen LogP contribution < -0.4 is 9.47 Å². The fourth-order valence-corrected chi connectivity index (χ4v) is 2.55. The third kappa shape index (κ3) is 4.46. The van der Waals surface area contributed by atoms with Crippen LogP contribution in [0, 0.1) is 0 Å². The summed E-state index contributed by atoms with van der Waals surface area (Å²) in [5, 5.41) is 1.90. The number of thiophene rings is 1. The molecular formula is C18H20O3S. The maximum Gasteiger partial charge on any atom is 0.195 e. The lowest BCUT2D eigenvalue weighted by atomic mass is 10.1. The summed E-state index contributed by atoms with van der Waals surface area (Å²) in [6.45, 7) is 5.23. The van der Waals surface area contributed by atoms with E-state index in [-0.39, 0.29) is 5.78 Å². The average molecular weight is 316 g/mol. The number of hydrogen-bond acceptors (Lipinski definition) is 4. The van der Waals surface area contributed by atoms with Gasteiger partial charge in [0.2, 0.25) is 0 Å². The van der Waals surface area contributed by atoms with Gasteiger partial charge >= 0.3 is 0 Å². The molecular weight excluding hydrogens is 296 g/mol. The Labute approximate surface area is 135 Å². The van der Waals surface area contributed by atoms with Gasteiger partial charge in [0, 0.05) is 0 Å². The summed E-state index contributed by atoms with van der Waals surface area (Å²) in [6.07, 6.45) is 4.33. The van der Waals surface area contributed by atoms with Crippen LogP contribution in [0.5, 0.6) is 11.5 Å². The number of ketones is 1. The van der Waals surface area contributed by atoms with Crippen molar-refractivity contribution < 1.29 is 14.3 Å². The summed E-state index contributed by atoms with van der Waals surface area (Å²) in [5.41, 5.74) is 0.914. The van der Waals surface area contributed by atoms with Gasteiger partial charge in [-0.05, 0) is 48.6 Å². The van der Waals surface area contributed by atoms with Gasteiger partial charge in [-0.25, -0.2) is 0 Å². The molecule has 0 spiro atoms. The highest BCUT2D eigenvalue weighted by Crippen LogP contribution is 2.29. The lowest BCUT2D eigenvalue weighted by molar-refractivity contribution is 0.105. The van der Waals surface area contributed by atoms with Crippen molar-refractivity contribution in [1.29, 1.82) is 0 Å². The molecule has 0 aliphatic carbocycles. The van der Waals surface area contributed by atoms with E-state index in [9.17, 15) is 4.79 Å². The Morgan fingerprint density at radius 1 is 1.18 bits per heavy atom. The summed E-state index contributed by atoms with van der Waals surface area (Å²) >= 11 is 1.44. The van der Waals surface area contributed by atoms with Crippen LogP contribution in [0.2, 0.25) is 0 Å². The predicted molar refractivity (Wildman–Crippen MR) is 91.1 cm³/mol. The SMILES string of the molecule is CCCOc1ccc(/C=C/C(=O)c2cccs2)cc1OCC. The fraction of sp³-hybridized carbons (Fsp3) is 0.278. The number of hydrogen-bond donors (Lipinski definition) is 0. The third-order valence-electron chi connectivity index (χ3n) is 2.92. The third-order valence-corrected chi connectivity index (χ3v) is 3.80. The molecule has 1 heterocycles. The average Bonchev–Trinajstić information content (AvgIpc) is 3.06. The van der Waals surface area contributed by atoms with Crippen molar-refractivity contribution in [2.45, 2.75) is 20.3 Å². The fourth-order valence-electron chi connectivity index (χ4n) is 1.90. The van der Waals surface area contributed by atoms with Gasteiger partial charge in [-0.1, -0.05) is 25.1 Å². The number of rotatable bonds is 8. The van der Waals surface area contributed by atoms with Crippen molar-refractivity contribution in [3.63, 3.8) is 0 Å². The highest BCUT2D eigenvalue weighted by molar-refractivity contribution is 7.12. The van der Waals surface area contributed by atoms with Crippen molar-refractivity contribution in [1.82, 2.24) is 0 Å². The zero-order valence-electron chi connectivity index (χ0n) is 12.9. The topological polar surface area (TPSA) is 35.5 Å². The van der Waals surface area contributed by atoms with Gasteiger partial charge in [0.25, 0.3) is 0 Å². The molecule has 2 aromatic rings. The first-order chi connectivity index (χ1) is 10.7. The van der Waals surface area contributed by atoms with E-state index in [1.165, 1.54) is 11.3 Å². The molecule has 0 bridgehead atoms. The summed E-state index contributed by atoms with van der Waals surface area (Å²) in [7, 11) is 0. The van der Waals surface area contributed by atoms with Gasteiger partial charge in [-0.15, -0.1) is 11.3 Å². The largest absolute Gasteiger partial charge is 0.490 e. The molecule has 22 heavy (non-hydrogen) atoms. The second-order valence-electron chi connectivity index (χ2n) is 4.66. The Kier molecular flexibility index (Phi) is 6.22. The highest BCUT2D eigenvalue weighted by atomic mass is 32.1. The highest BCUT2D eigenvalue weighted by Gasteiger charge is 2.06. The van der Waals surface area contributed by atoms with Crippen LogP contribution in [0.25, 0.3) is 6.08 Å². The van der Waals surface area contributed by atoms with E-state index in [4.69, 9.17) is 9.47 Å². The Morgan fingerprint density at radius 2 is 2.05 bits per heavy atom. The summed E-state index contributed by atoms with van der Waals surface area (Å²) < 4.78 is 11.3. The molecule has 0 aliphatic heterocycles. The molecule has 2 rings (SSSR count). The zero-order valence-corrected chi connectivity index (χ0v) is 13.7. The summed E-state index contributed by atoms with van der Waals surface area (Å²) in [4.78, 5) is 12.7. The van der Waals surface area contributed by atoms with Gasteiger partial charge in [0.1, 0.15) is 0 Å². The molecule has 0 fully saturated rings. The maximum atomic E-state index is 12.0. The van der Waals surface area contributed by atoms with Crippen LogP contribution in [0.4, 0.5) is 0 Å². The van der Waals surface area contributed by atoms with Crippen molar-refractivity contribution in [3.05, 3.63) is 52.2 Å². The van der Waals surface area contributed by atoms with Gasteiger partial charge < -0.3 is 9.47 Å². The van der Waals surface area contributed by atoms with Crippen LogP contribution in [-0.2, 0) is 0 Å². The van der Waals surface area contributed by atoms with E-state index >= 15 is 0 Å². The lowest BCUT2D eigenvalue weighted by Crippen LogP contribution is -2.00. The van der Waals surface area contributed by atoms with Crippen molar-refractivity contribution >= 4 is 23.2 Å². The smallest absolute Gasteiger partial charge is 0.195 e. The lowest BCUT2D eigenvalue weighted by Gasteiger charge is -2.11. The first-order valence-corrected chi connectivity index (χ1v) is 8.28. The molecule has 0 atom stereocenters. The molecule has 0 saturated carbocycles. The number of ether oxygens (including phenoxy) is 2. The first kappa shape index (κ1) is 16.3. The van der Waals surface area contributed by atoms with E-state index in [0.717, 1.165) is 22.6 Å². The second kappa shape index (κ2) is 8.39. The van der Waals surface area contributed by atoms with Gasteiger partial charge in [-0.2, -0.15) is 0 Å². The van der Waals surface area contributed by atoms with E-state index in [1.807, 2.05) is 42.6 Å². The minimum atomic E-state index is 0.0132. The Balaban J connectivity index is 2.13. The standard InChI is InChI=1S/C18H20O3S/c1-3-11-21-16-10-8-14(13-17(16)20-4-2)7-9-15(19)18-6-5-12-22-18/h5-10,12-13H,3-4,11H2,1-2H3/b9-7+. The molecule has 0 radical (unpaired) electrons. The predicted octanol–water partition coefficient (Wildman–Crippen LogP) is 4.83. The Hall–Kier alpha value is -2.07. The molecule has 0 aliphatic rings. The maximum absolute atomic E-state index is 12.0. The van der Waals surface area contributed by atoms with Gasteiger partial charge in [-0.3, -0.25) is 4.79 Å². The minimum absolute atomic E-state index is 0.0132. The summed E-state index contributed by atoms with van der Waals surface area (Å²) in [6, 6.07) is 9.40. The number of benzene rings is 1. The number of carbonyl (C=O) groups excluding carboxylic acids is 1. The normalized spacial score (nSPS) is 10.8. The monoisotopic (exact) mass is 316 g/mol. The molecule has 0 saturated heterocycles. The van der Waals surface area contributed by atoms with Crippen molar-refractivity contribution in [2.24, 2.45) is 0 Å². The summed E-state index contributed by atoms with van der Waals surface area (Å²) in [5.74, 6) is 1.46. The Bertz CT molecular complexity index is 630. The van der Waals surface area contributed by atoms with Gasteiger partial charge in [0.15, 0.2) is 17.3 Å². The molecule has 4 heteroatoms. The van der Waals surface area contributed by atoms with Crippen molar-refractivity contribution in [2.75, 3.05) is 13.2 Å². The van der Waals surface area contributed by atoms with Crippen LogP contribution in [0.3, 0.4) is 0 Å². The molecule has 0 unspecified atom stereocenters. The van der Waals surface area contributed by atoms with Crippen LogP contribution in [-0.4, -0.2) is 19.0 Å². The molecule has 3 nitrogen and oxygen atoms in total. The quantitative estimate of drug-likeness (QED) is 0.517. The van der Waals surface area contributed by atoms with Crippen LogP contribution in [0.1, 0.15) is 35.5 Å². The molecule has 1 aromatic carbocycles. The molecule has 116 valence electrons. The molecule has 0 N–H and O–H groups in total. The molecule has 0 amide bonds. The van der Waals surface area contributed by atoms with Crippen LogP contribution in [0.15, 0.2) is 41.8 Å².